The van der Waals surface area contributed by atoms with Gasteiger partial charge in [-0.25, -0.2) is 24.7 Å². The maximum absolute atomic E-state index is 13.3. The third kappa shape index (κ3) is 6.52. The summed E-state index contributed by atoms with van der Waals surface area (Å²) in [5, 5.41) is 3.90. The number of pyridine rings is 2. The number of amides is 2. The monoisotopic (exact) mass is 635 g/mol. The minimum atomic E-state index is -0.525. The number of aromatic nitrogens is 5. The Hall–Kier alpha value is -5.30. The Morgan fingerprint density at radius 1 is 0.851 bits per heavy atom. The number of piperazine rings is 1. The standard InChI is InChI=1S/C34H37N9O4/c1-34(2,3)47-33(45)42-14-12-40(13-15-42)29-11-9-24(20-35-29)27-21-36-30(41-16-18-46-19-17-41)31-38-28(22-43(27)31)39-32(44)26-10-8-23-6-4-5-7-25(23)37-26/h4-11,20-22H,12-19H2,1-3H3,(H,39,44). The number of hydrogen-bond donors (Lipinski definition) is 1. The summed E-state index contributed by atoms with van der Waals surface area (Å²) >= 11 is 0. The predicted molar refractivity (Wildman–Crippen MR) is 179 cm³/mol. The lowest BCUT2D eigenvalue weighted by molar-refractivity contribution is 0.0240. The van der Waals surface area contributed by atoms with Gasteiger partial charge in [0.05, 0.1) is 36.8 Å². The summed E-state index contributed by atoms with van der Waals surface area (Å²) in [4.78, 5) is 50.8. The number of ether oxygens (including phenoxy) is 2. The topological polar surface area (TPSA) is 130 Å². The van der Waals surface area contributed by atoms with E-state index in [4.69, 9.17) is 24.4 Å². The van der Waals surface area contributed by atoms with E-state index in [2.05, 4.69) is 20.1 Å². The summed E-state index contributed by atoms with van der Waals surface area (Å²) < 4.78 is 13.0. The quantitative estimate of drug-likeness (QED) is 0.295. The molecular formula is C34H37N9O4. The smallest absolute Gasteiger partial charge is 0.410 e. The molecule has 0 aliphatic carbocycles. The molecule has 4 aromatic heterocycles. The van der Waals surface area contributed by atoms with Gasteiger partial charge >= 0.3 is 6.09 Å². The second-order valence-electron chi connectivity index (χ2n) is 12.6. The fraction of sp³-hybridized carbons (Fsp3) is 0.353. The number of rotatable bonds is 5. The SMILES string of the molecule is CC(C)(C)OC(=O)N1CCN(c2ccc(-c3cnc(N4CCOCC4)c4nc(NC(=O)c5ccc6ccccc6n5)cn34)cn2)CC1. The molecule has 1 aromatic carbocycles. The second-order valence-corrected chi connectivity index (χ2v) is 12.6. The number of carbonyl (C=O) groups excluding carboxylic acids is 2. The van der Waals surface area contributed by atoms with Crippen LogP contribution in [0.15, 0.2) is 67.1 Å². The molecule has 2 fully saturated rings. The van der Waals surface area contributed by atoms with Gasteiger partial charge in [-0.05, 0) is 45.0 Å². The molecule has 2 saturated heterocycles. The van der Waals surface area contributed by atoms with Gasteiger partial charge in [0.25, 0.3) is 5.91 Å². The third-order valence-corrected chi connectivity index (χ3v) is 8.16. The van der Waals surface area contributed by atoms with Gasteiger partial charge in [0.2, 0.25) is 0 Å². The number of fused-ring (bicyclic) bond motifs is 2. The highest BCUT2D eigenvalue weighted by molar-refractivity contribution is 6.03. The number of nitrogens with one attached hydrogen (secondary N) is 1. The average Bonchev–Trinajstić information content (AvgIpc) is 3.51. The van der Waals surface area contributed by atoms with Crippen LogP contribution in [0.4, 0.5) is 22.2 Å². The molecule has 7 rings (SSSR count). The van der Waals surface area contributed by atoms with Crippen molar-refractivity contribution in [1.29, 1.82) is 0 Å². The maximum Gasteiger partial charge on any atom is 0.410 e. The van der Waals surface area contributed by atoms with Crippen LogP contribution in [0.25, 0.3) is 27.8 Å². The normalized spacial score (nSPS) is 15.7. The molecule has 0 radical (unpaired) electrons. The van der Waals surface area contributed by atoms with Crippen LogP contribution >= 0.6 is 0 Å². The van der Waals surface area contributed by atoms with Crippen LogP contribution < -0.4 is 15.1 Å². The summed E-state index contributed by atoms with van der Waals surface area (Å²) in [7, 11) is 0. The molecule has 0 bridgehead atoms. The van der Waals surface area contributed by atoms with Crippen molar-refractivity contribution in [3.63, 3.8) is 0 Å². The molecule has 0 spiro atoms. The molecule has 2 aliphatic rings. The minimum Gasteiger partial charge on any atom is -0.444 e. The molecular weight excluding hydrogens is 598 g/mol. The molecule has 0 atom stereocenters. The molecule has 6 heterocycles. The molecule has 2 aliphatic heterocycles. The average molecular weight is 636 g/mol. The van der Waals surface area contributed by atoms with Gasteiger partial charge in [0, 0.05) is 56.4 Å². The summed E-state index contributed by atoms with van der Waals surface area (Å²) in [6.45, 7) is 10.6. The summed E-state index contributed by atoms with van der Waals surface area (Å²) in [5.74, 6) is 1.59. The summed E-state index contributed by atoms with van der Waals surface area (Å²) in [6.07, 6.45) is 5.14. The molecule has 2 amide bonds. The molecule has 1 N–H and O–H groups in total. The van der Waals surface area contributed by atoms with Gasteiger partial charge in [0.15, 0.2) is 17.3 Å². The zero-order chi connectivity index (χ0) is 32.5. The van der Waals surface area contributed by atoms with Crippen molar-refractivity contribution in [3.05, 3.63) is 72.8 Å². The van der Waals surface area contributed by atoms with Crippen molar-refractivity contribution in [2.24, 2.45) is 0 Å². The van der Waals surface area contributed by atoms with Crippen LogP contribution in [0.2, 0.25) is 0 Å². The molecule has 13 nitrogen and oxygen atoms in total. The Labute approximate surface area is 272 Å². The number of carbonyl (C=O) groups is 2. The van der Waals surface area contributed by atoms with E-state index in [-0.39, 0.29) is 12.0 Å². The molecule has 13 heteroatoms. The molecule has 242 valence electrons. The number of para-hydroxylation sites is 1. The van der Waals surface area contributed by atoms with Crippen LogP contribution in [0.3, 0.4) is 0 Å². The van der Waals surface area contributed by atoms with Gasteiger partial charge < -0.3 is 29.5 Å². The highest BCUT2D eigenvalue weighted by Gasteiger charge is 2.27. The Balaban J connectivity index is 1.14. The first-order valence-electron chi connectivity index (χ1n) is 15.8. The molecule has 0 unspecified atom stereocenters. The first-order valence-corrected chi connectivity index (χ1v) is 15.8. The minimum absolute atomic E-state index is 0.290. The Bertz CT molecular complexity index is 1920. The largest absolute Gasteiger partial charge is 0.444 e. The molecule has 0 saturated carbocycles. The number of imidazole rings is 1. The first kappa shape index (κ1) is 30.4. The van der Waals surface area contributed by atoms with Crippen LogP contribution in [0.1, 0.15) is 31.3 Å². The van der Waals surface area contributed by atoms with E-state index in [1.165, 1.54) is 0 Å². The van der Waals surface area contributed by atoms with Gasteiger partial charge in [-0.3, -0.25) is 9.20 Å². The number of nitrogens with zero attached hydrogens (tertiary/aromatic N) is 8. The lowest BCUT2D eigenvalue weighted by atomic mass is 10.2. The number of benzene rings is 1. The van der Waals surface area contributed by atoms with Crippen molar-refractivity contribution in [2.75, 3.05) is 67.6 Å². The fourth-order valence-electron chi connectivity index (χ4n) is 5.78. The zero-order valence-corrected chi connectivity index (χ0v) is 26.7. The number of hydrogen-bond acceptors (Lipinski definition) is 10. The zero-order valence-electron chi connectivity index (χ0n) is 26.7. The second kappa shape index (κ2) is 12.5. The highest BCUT2D eigenvalue weighted by atomic mass is 16.6. The lowest BCUT2D eigenvalue weighted by Crippen LogP contribution is -2.50. The van der Waals surface area contributed by atoms with Crippen LogP contribution in [-0.4, -0.2) is 99.3 Å². The van der Waals surface area contributed by atoms with Gasteiger partial charge in [-0.1, -0.05) is 24.3 Å². The summed E-state index contributed by atoms with van der Waals surface area (Å²) in [6, 6.07) is 15.3. The van der Waals surface area contributed by atoms with Crippen molar-refractivity contribution >= 4 is 46.0 Å². The van der Waals surface area contributed by atoms with E-state index in [1.54, 1.807) is 17.2 Å². The number of anilines is 3. The Morgan fingerprint density at radius 2 is 1.64 bits per heavy atom. The summed E-state index contributed by atoms with van der Waals surface area (Å²) in [5.41, 5.74) is 2.77. The third-order valence-electron chi connectivity index (χ3n) is 8.16. The first-order chi connectivity index (χ1) is 22.7. The van der Waals surface area contributed by atoms with Crippen LogP contribution in [0, 0.1) is 0 Å². The van der Waals surface area contributed by atoms with Gasteiger partial charge in [0.1, 0.15) is 17.1 Å². The van der Waals surface area contributed by atoms with E-state index in [0.717, 1.165) is 28.0 Å². The lowest BCUT2D eigenvalue weighted by Gasteiger charge is -2.36. The Kier molecular flexibility index (Phi) is 8.06. The predicted octanol–water partition coefficient (Wildman–Crippen LogP) is 4.49. The van der Waals surface area contributed by atoms with Crippen LogP contribution in [-0.2, 0) is 9.47 Å². The van der Waals surface area contributed by atoms with Gasteiger partial charge in [-0.15, -0.1) is 0 Å². The van der Waals surface area contributed by atoms with E-state index >= 15 is 0 Å². The van der Waals surface area contributed by atoms with Crippen LogP contribution in [0.5, 0.6) is 0 Å². The highest BCUT2D eigenvalue weighted by Crippen LogP contribution is 2.29. The Morgan fingerprint density at radius 3 is 2.38 bits per heavy atom. The van der Waals surface area contributed by atoms with Crippen molar-refractivity contribution in [2.45, 2.75) is 26.4 Å². The van der Waals surface area contributed by atoms with E-state index in [0.29, 0.717) is 75.5 Å². The van der Waals surface area contributed by atoms with Crippen molar-refractivity contribution < 1.29 is 19.1 Å². The maximum atomic E-state index is 13.3. The molecule has 5 aromatic rings. The van der Waals surface area contributed by atoms with E-state index in [1.807, 2.05) is 80.0 Å². The van der Waals surface area contributed by atoms with E-state index < -0.39 is 5.60 Å². The van der Waals surface area contributed by atoms with E-state index in [9.17, 15) is 9.59 Å². The fourth-order valence-corrected chi connectivity index (χ4v) is 5.78. The molecule has 47 heavy (non-hydrogen) atoms. The van der Waals surface area contributed by atoms with Gasteiger partial charge in [-0.2, -0.15) is 0 Å². The number of morpholine rings is 1. The van der Waals surface area contributed by atoms with Crippen molar-refractivity contribution in [1.82, 2.24) is 29.2 Å². The van der Waals surface area contributed by atoms with Crippen molar-refractivity contribution in [3.8, 4) is 11.3 Å².